The van der Waals surface area contributed by atoms with Gasteiger partial charge in [-0.25, -0.2) is 0 Å². The van der Waals surface area contributed by atoms with Gasteiger partial charge in [-0.15, -0.1) is 0 Å². The Morgan fingerprint density at radius 1 is 1.62 bits per heavy atom. The van der Waals surface area contributed by atoms with Crippen molar-refractivity contribution in [2.24, 2.45) is 0 Å². The zero-order valence-corrected chi connectivity index (χ0v) is 9.41. The van der Waals surface area contributed by atoms with Gasteiger partial charge in [0.25, 0.3) is 0 Å². The molecule has 4 heteroatoms. The minimum absolute atomic E-state index is 0.302. The molecular weight excluding hydrogens is 234 g/mol. The van der Waals surface area contributed by atoms with Gasteiger partial charge in [-0.3, -0.25) is 4.90 Å². The van der Waals surface area contributed by atoms with Gasteiger partial charge in [-0.1, -0.05) is 0 Å². The van der Waals surface area contributed by atoms with Gasteiger partial charge in [-0.05, 0) is 42.0 Å². The number of rotatable bonds is 4. The second-order valence-electron chi connectivity index (χ2n) is 3.25. The Morgan fingerprint density at radius 2 is 2.31 bits per heavy atom. The van der Waals surface area contributed by atoms with Gasteiger partial charge in [-0.2, -0.15) is 0 Å². The van der Waals surface area contributed by atoms with E-state index in [2.05, 4.69) is 15.9 Å². The van der Waals surface area contributed by atoms with Gasteiger partial charge in [0.15, 0.2) is 4.67 Å². The summed E-state index contributed by atoms with van der Waals surface area (Å²) in [6, 6.07) is 3.79. The highest BCUT2D eigenvalue weighted by molar-refractivity contribution is 9.10. The van der Waals surface area contributed by atoms with E-state index in [0.29, 0.717) is 6.54 Å². The second kappa shape index (κ2) is 4.79. The molecule has 74 valence electrons. The highest BCUT2D eigenvalue weighted by atomic mass is 79.9. The number of hydrogen-bond acceptors (Lipinski definition) is 3. The first-order valence-corrected chi connectivity index (χ1v) is 4.98. The van der Waals surface area contributed by atoms with Gasteiger partial charge < -0.3 is 9.52 Å². The predicted octanol–water partition coefficient (Wildman–Crippen LogP) is 1.85. The van der Waals surface area contributed by atoms with Gasteiger partial charge >= 0.3 is 0 Å². The van der Waals surface area contributed by atoms with Crippen LogP contribution in [0, 0.1) is 0 Å². The molecule has 3 nitrogen and oxygen atoms in total. The van der Waals surface area contributed by atoms with Crippen molar-refractivity contribution in [2.45, 2.75) is 19.6 Å². The molecule has 0 radical (unpaired) electrons. The normalized spacial score (nSPS) is 13.6. The molecule has 1 N–H and O–H groups in total. The first kappa shape index (κ1) is 10.8. The van der Waals surface area contributed by atoms with E-state index in [1.807, 2.05) is 24.1 Å². The summed E-state index contributed by atoms with van der Waals surface area (Å²) in [5, 5.41) is 9.12. The molecule has 1 unspecified atom stereocenters. The van der Waals surface area contributed by atoms with Crippen LogP contribution in [0.25, 0.3) is 0 Å². The van der Waals surface area contributed by atoms with Crippen LogP contribution in [0.2, 0.25) is 0 Å². The van der Waals surface area contributed by atoms with E-state index in [1.54, 1.807) is 6.92 Å². The fraction of sp³-hybridized carbons (Fsp3) is 0.556. The molecule has 1 aromatic rings. The highest BCUT2D eigenvalue weighted by Crippen LogP contribution is 2.15. The van der Waals surface area contributed by atoms with Gasteiger partial charge in [0.1, 0.15) is 5.76 Å². The highest BCUT2D eigenvalue weighted by Gasteiger charge is 2.06. The Hall–Kier alpha value is -0.320. The number of likely N-dealkylation sites (N-methyl/N-ethyl adjacent to an activating group) is 1. The van der Waals surface area contributed by atoms with Crippen LogP contribution in [0.15, 0.2) is 21.2 Å². The molecule has 0 bridgehead atoms. The SMILES string of the molecule is CC(O)CN(C)Cc1ccc(Br)o1. The average molecular weight is 248 g/mol. The molecule has 1 atom stereocenters. The molecule has 1 heterocycles. The first-order chi connectivity index (χ1) is 6.08. The summed E-state index contributed by atoms with van der Waals surface area (Å²) in [7, 11) is 1.95. The van der Waals surface area contributed by atoms with Crippen LogP contribution in [0.4, 0.5) is 0 Å². The smallest absolute Gasteiger partial charge is 0.169 e. The largest absolute Gasteiger partial charge is 0.453 e. The molecule has 0 saturated carbocycles. The van der Waals surface area contributed by atoms with Crippen LogP contribution >= 0.6 is 15.9 Å². The molecule has 13 heavy (non-hydrogen) atoms. The number of nitrogens with zero attached hydrogens (tertiary/aromatic N) is 1. The Labute approximate surface area is 86.5 Å². The van der Waals surface area contributed by atoms with Crippen LogP contribution in [0.1, 0.15) is 12.7 Å². The predicted molar refractivity (Wildman–Crippen MR) is 54.4 cm³/mol. The van der Waals surface area contributed by atoms with Crippen molar-refractivity contribution in [3.8, 4) is 0 Å². The van der Waals surface area contributed by atoms with E-state index in [1.165, 1.54) is 0 Å². The maximum absolute atomic E-state index is 9.12. The lowest BCUT2D eigenvalue weighted by Crippen LogP contribution is -2.26. The second-order valence-corrected chi connectivity index (χ2v) is 4.03. The summed E-state index contributed by atoms with van der Waals surface area (Å²) in [5.74, 6) is 0.898. The number of aliphatic hydroxyl groups excluding tert-OH is 1. The lowest BCUT2D eigenvalue weighted by atomic mass is 10.3. The van der Waals surface area contributed by atoms with E-state index in [0.717, 1.165) is 17.0 Å². The van der Waals surface area contributed by atoms with E-state index in [9.17, 15) is 0 Å². The van der Waals surface area contributed by atoms with Crippen LogP contribution < -0.4 is 0 Å². The standard InChI is InChI=1S/C9H14BrNO2/c1-7(12)5-11(2)6-8-3-4-9(10)13-8/h3-4,7,12H,5-6H2,1-2H3. The Kier molecular flexibility index (Phi) is 3.96. The number of aliphatic hydroxyl groups is 1. The molecule has 0 saturated heterocycles. The van der Waals surface area contributed by atoms with Crippen molar-refractivity contribution in [3.63, 3.8) is 0 Å². The summed E-state index contributed by atoms with van der Waals surface area (Å²) >= 11 is 3.24. The molecule has 0 aliphatic heterocycles. The fourth-order valence-electron chi connectivity index (χ4n) is 1.22. The third-order valence-electron chi connectivity index (χ3n) is 1.63. The third-order valence-corrected chi connectivity index (χ3v) is 2.06. The van der Waals surface area contributed by atoms with E-state index < -0.39 is 0 Å². The number of furan rings is 1. The summed E-state index contributed by atoms with van der Waals surface area (Å²) < 4.78 is 6.07. The quantitative estimate of drug-likeness (QED) is 0.883. The molecule has 0 aromatic carbocycles. The molecule has 1 rings (SSSR count). The Bertz CT molecular complexity index is 260. The zero-order valence-electron chi connectivity index (χ0n) is 7.83. The van der Waals surface area contributed by atoms with E-state index in [-0.39, 0.29) is 6.10 Å². The Morgan fingerprint density at radius 3 is 2.77 bits per heavy atom. The zero-order chi connectivity index (χ0) is 9.84. The monoisotopic (exact) mass is 247 g/mol. The number of hydrogen-bond donors (Lipinski definition) is 1. The van der Waals surface area contributed by atoms with Crippen LogP contribution in [0.5, 0.6) is 0 Å². The maximum atomic E-state index is 9.12. The average Bonchev–Trinajstić information content (AvgIpc) is 2.33. The lowest BCUT2D eigenvalue weighted by molar-refractivity contribution is 0.134. The molecule has 1 aromatic heterocycles. The molecule has 0 fully saturated rings. The van der Waals surface area contributed by atoms with Crippen molar-refractivity contribution in [1.29, 1.82) is 0 Å². The van der Waals surface area contributed by atoms with E-state index >= 15 is 0 Å². The van der Waals surface area contributed by atoms with Gasteiger partial charge in [0, 0.05) is 6.54 Å². The first-order valence-electron chi connectivity index (χ1n) is 4.18. The van der Waals surface area contributed by atoms with Gasteiger partial charge in [0.2, 0.25) is 0 Å². The summed E-state index contributed by atoms with van der Waals surface area (Å²) in [5.41, 5.74) is 0. The van der Waals surface area contributed by atoms with E-state index in [4.69, 9.17) is 9.52 Å². The fourth-order valence-corrected chi connectivity index (χ4v) is 1.56. The summed E-state index contributed by atoms with van der Waals surface area (Å²) in [4.78, 5) is 2.01. The topological polar surface area (TPSA) is 36.6 Å². The van der Waals surface area contributed by atoms with Crippen LogP contribution in [-0.4, -0.2) is 29.7 Å². The van der Waals surface area contributed by atoms with Crippen molar-refractivity contribution >= 4 is 15.9 Å². The van der Waals surface area contributed by atoms with Crippen LogP contribution in [0.3, 0.4) is 0 Å². The molecule has 0 amide bonds. The van der Waals surface area contributed by atoms with Crippen molar-refractivity contribution in [2.75, 3.05) is 13.6 Å². The molecule has 0 spiro atoms. The van der Waals surface area contributed by atoms with Crippen molar-refractivity contribution in [1.82, 2.24) is 4.90 Å². The summed E-state index contributed by atoms with van der Waals surface area (Å²) in [6.45, 7) is 3.14. The van der Waals surface area contributed by atoms with Crippen molar-refractivity contribution < 1.29 is 9.52 Å². The van der Waals surface area contributed by atoms with Crippen LogP contribution in [-0.2, 0) is 6.54 Å². The Balaban J connectivity index is 2.40. The summed E-state index contributed by atoms with van der Waals surface area (Å²) in [6.07, 6.45) is -0.302. The number of halogens is 1. The minimum Gasteiger partial charge on any atom is -0.453 e. The van der Waals surface area contributed by atoms with Crippen molar-refractivity contribution in [3.05, 3.63) is 22.6 Å². The minimum atomic E-state index is -0.302. The maximum Gasteiger partial charge on any atom is 0.169 e. The third kappa shape index (κ3) is 3.93. The van der Waals surface area contributed by atoms with Gasteiger partial charge in [0.05, 0.1) is 12.6 Å². The molecule has 0 aliphatic carbocycles. The lowest BCUT2D eigenvalue weighted by Gasteiger charge is -2.16. The molecule has 0 aliphatic rings. The molecular formula is C9H14BrNO2.